The lowest BCUT2D eigenvalue weighted by Crippen LogP contribution is -2.25. The van der Waals surface area contributed by atoms with Crippen molar-refractivity contribution in [1.82, 2.24) is 9.55 Å². The molecule has 3 aromatic rings. The van der Waals surface area contributed by atoms with Crippen molar-refractivity contribution in [2.24, 2.45) is 7.05 Å². The molecule has 4 nitrogen and oxygen atoms in total. The molecule has 1 aliphatic rings. The van der Waals surface area contributed by atoms with Crippen LogP contribution in [-0.2, 0) is 11.8 Å². The average Bonchev–Trinajstić information content (AvgIpc) is 3.23. The lowest BCUT2D eigenvalue weighted by Gasteiger charge is -2.20. The molecule has 1 unspecified atom stereocenters. The van der Waals surface area contributed by atoms with Crippen LogP contribution >= 0.6 is 34.4 Å². The number of carbonyl (C=O) groups is 1. The number of hydrogen-bond acceptors (Lipinski definition) is 6. The highest BCUT2D eigenvalue weighted by Crippen LogP contribution is 2.36. The van der Waals surface area contributed by atoms with Crippen LogP contribution in [-0.4, -0.2) is 20.6 Å². The first kappa shape index (κ1) is 16.1. The summed E-state index contributed by atoms with van der Waals surface area (Å²) in [5.74, 6) is 0.283. The second-order valence-corrected chi connectivity index (χ2v) is 8.86. The van der Waals surface area contributed by atoms with E-state index in [4.69, 9.17) is 4.98 Å². The average molecular weight is 377 g/mol. The number of fused-ring (bicyclic) bond motifs is 1. The Morgan fingerprint density at radius 2 is 2.17 bits per heavy atom. The SMILES string of the molecule is Cn1c(SC2CCCCC2=O)nc2scc(-c3cccs3)c2c1=O. The van der Waals surface area contributed by atoms with Gasteiger partial charge in [-0.05, 0) is 24.3 Å². The van der Waals surface area contributed by atoms with Crippen LogP contribution in [0.15, 0.2) is 32.8 Å². The maximum absolute atomic E-state index is 12.9. The fourth-order valence-electron chi connectivity index (χ4n) is 2.97. The van der Waals surface area contributed by atoms with Crippen molar-refractivity contribution >= 4 is 50.4 Å². The van der Waals surface area contributed by atoms with Gasteiger partial charge in [0.15, 0.2) is 5.16 Å². The molecule has 1 aliphatic carbocycles. The molecule has 0 spiro atoms. The van der Waals surface area contributed by atoms with E-state index in [1.807, 2.05) is 22.9 Å². The second kappa shape index (κ2) is 6.46. The molecule has 3 heterocycles. The van der Waals surface area contributed by atoms with E-state index in [0.717, 1.165) is 34.5 Å². The zero-order chi connectivity index (χ0) is 16.7. The van der Waals surface area contributed by atoms with E-state index in [2.05, 4.69) is 0 Å². The van der Waals surface area contributed by atoms with Crippen molar-refractivity contribution < 1.29 is 4.79 Å². The monoisotopic (exact) mass is 376 g/mol. The maximum Gasteiger partial charge on any atom is 0.263 e. The van der Waals surface area contributed by atoms with Gasteiger partial charge in [0.1, 0.15) is 10.6 Å². The number of rotatable bonds is 3. The molecule has 24 heavy (non-hydrogen) atoms. The van der Waals surface area contributed by atoms with Crippen molar-refractivity contribution in [3.8, 4) is 10.4 Å². The lowest BCUT2D eigenvalue weighted by molar-refractivity contribution is -0.119. The molecule has 1 atom stereocenters. The molecule has 0 bridgehead atoms. The van der Waals surface area contributed by atoms with Gasteiger partial charge in [0.25, 0.3) is 5.56 Å². The predicted octanol–water partition coefficient (Wildman–Crippen LogP) is 4.33. The number of thiophene rings is 2. The fraction of sp³-hybridized carbons (Fsp3) is 0.353. The van der Waals surface area contributed by atoms with E-state index >= 15 is 0 Å². The van der Waals surface area contributed by atoms with Crippen LogP contribution < -0.4 is 5.56 Å². The molecule has 4 rings (SSSR count). The number of thioether (sulfide) groups is 1. The lowest BCUT2D eigenvalue weighted by atomic mass is 9.99. The highest BCUT2D eigenvalue weighted by atomic mass is 32.2. The molecule has 124 valence electrons. The fourth-order valence-corrected chi connectivity index (χ4v) is 5.96. The van der Waals surface area contributed by atoms with Crippen LogP contribution in [0.25, 0.3) is 20.7 Å². The molecule has 0 amide bonds. The Morgan fingerprint density at radius 1 is 1.29 bits per heavy atom. The number of ketones is 1. The van der Waals surface area contributed by atoms with E-state index < -0.39 is 0 Å². The minimum atomic E-state index is -0.0639. The van der Waals surface area contributed by atoms with Gasteiger partial charge in [0.05, 0.1) is 10.6 Å². The molecule has 0 radical (unpaired) electrons. The normalized spacial score (nSPS) is 18.4. The molecule has 0 N–H and O–H groups in total. The summed E-state index contributed by atoms with van der Waals surface area (Å²) >= 11 is 4.57. The first-order chi connectivity index (χ1) is 11.6. The molecule has 3 aromatic heterocycles. The Labute approximate surface area is 151 Å². The van der Waals surface area contributed by atoms with E-state index in [1.165, 1.54) is 23.1 Å². The van der Waals surface area contributed by atoms with Crippen LogP contribution in [0.2, 0.25) is 0 Å². The summed E-state index contributed by atoms with van der Waals surface area (Å²) in [4.78, 5) is 31.5. The summed E-state index contributed by atoms with van der Waals surface area (Å²) in [7, 11) is 1.75. The predicted molar refractivity (Wildman–Crippen MR) is 101 cm³/mol. The Morgan fingerprint density at radius 3 is 2.92 bits per heavy atom. The molecule has 0 aromatic carbocycles. The van der Waals surface area contributed by atoms with Crippen LogP contribution in [0.1, 0.15) is 25.7 Å². The molecule has 0 saturated heterocycles. The molecule has 1 saturated carbocycles. The summed E-state index contributed by atoms with van der Waals surface area (Å²) in [6.07, 6.45) is 3.58. The standard InChI is InChI=1S/C17H16N2O2S3/c1-19-16(21)14-10(12-7-4-8-22-12)9-23-15(14)18-17(19)24-13-6-3-2-5-11(13)20/h4,7-9,13H,2-3,5-6H2,1H3. The zero-order valence-corrected chi connectivity index (χ0v) is 15.6. The van der Waals surface area contributed by atoms with Gasteiger partial charge in [-0.25, -0.2) is 4.98 Å². The first-order valence-electron chi connectivity index (χ1n) is 7.86. The number of Topliss-reactive ketones (excluding diaryl/α,β-unsaturated/α-hetero) is 1. The molecule has 0 aliphatic heterocycles. The van der Waals surface area contributed by atoms with Gasteiger partial charge < -0.3 is 0 Å². The minimum absolute atomic E-state index is 0.0320. The Balaban J connectivity index is 1.78. The summed E-state index contributed by atoms with van der Waals surface area (Å²) < 4.78 is 1.60. The van der Waals surface area contributed by atoms with Gasteiger partial charge in [-0.1, -0.05) is 24.2 Å². The van der Waals surface area contributed by atoms with Crippen LogP contribution in [0.3, 0.4) is 0 Å². The molecular formula is C17H16N2O2S3. The Kier molecular flexibility index (Phi) is 4.32. The Bertz CT molecular complexity index is 956. The second-order valence-electron chi connectivity index (χ2n) is 5.88. The molecule has 1 fully saturated rings. The third-order valence-corrected chi connectivity index (χ3v) is 7.44. The van der Waals surface area contributed by atoms with Crippen LogP contribution in [0.4, 0.5) is 0 Å². The van der Waals surface area contributed by atoms with Gasteiger partial charge in [-0.15, -0.1) is 22.7 Å². The van der Waals surface area contributed by atoms with Crippen molar-refractivity contribution in [3.63, 3.8) is 0 Å². The summed E-state index contributed by atoms with van der Waals surface area (Å²) in [6, 6.07) is 4.01. The highest BCUT2D eigenvalue weighted by Gasteiger charge is 2.25. The van der Waals surface area contributed by atoms with Crippen molar-refractivity contribution in [3.05, 3.63) is 33.2 Å². The number of nitrogens with zero attached hydrogens (tertiary/aromatic N) is 2. The highest BCUT2D eigenvalue weighted by molar-refractivity contribution is 8.00. The van der Waals surface area contributed by atoms with Crippen molar-refractivity contribution in [2.45, 2.75) is 36.1 Å². The van der Waals surface area contributed by atoms with Gasteiger partial charge >= 0.3 is 0 Å². The molecular weight excluding hydrogens is 360 g/mol. The first-order valence-corrected chi connectivity index (χ1v) is 10.5. The molecule has 7 heteroatoms. The van der Waals surface area contributed by atoms with Crippen molar-refractivity contribution in [1.29, 1.82) is 0 Å². The largest absolute Gasteiger partial charge is 0.298 e. The number of hydrogen-bond donors (Lipinski definition) is 0. The van der Waals surface area contributed by atoms with Gasteiger partial charge in [-0.2, -0.15) is 0 Å². The summed E-state index contributed by atoms with van der Waals surface area (Å²) in [6.45, 7) is 0. The Hall–Kier alpha value is -1.44. The van der Waals surface area contributed by atoms with Gasteiger partial charge in [-0.3, -0.25) is 14.2 Å². The van der Waals surface area contributed by atoms with Crippen LogP contribution in [0, 0.1) is 0 Å². The van der Waals surface area contributed by atoms with Crippen LogP contribution in [0.5, 0.6) is 0 Å². The maximum atomic E-state index is 12.9. The topological polar surface area (TPSA) is 52.0 Å². The quantitative estimate of drug-likeness (QED) is 0.639. The van der Waals surface area contributed by atoms with E-state index in [1.54, 1.807) is 23.0 Å². The summed E-state index contributed by atoms with van der Waals surface area (Å²) in [5, 5.41) is 5.28. The number of carbonyl (C=O) groups excluding carboxylic acids is 1. The van der Waals surface area contributed by atoms with E-state index in [0.29, 0.717) is 17.0 Å². The third-order valence-electron chi connectivity index (χ3n) is 4.31. The van der Waals surface area contributed by atoms with Crippen molar-refractivity contribution in [2.75, 3.05) is 0 Å². The van der Waals surface area contributed by atoms with E-state index in [-0.39, 0.29) is 16.6 Å². The number of aromatic nitrogens is 2. The van der Waals surface area contributed by atoms with Gasteiger partial charge in [0.2, 0.25) is 0 Å². The van der Waals surface area contributed by atoms with Gasteiger partial charge in [0, 0.05) is 29.3 Å². The van der Waals surface area contributed by atoms with E-state index in [9.17, 15) is 9.59 Å². The summed E-state index contributed by atoms with van der Waals surface area (Å²) in [5.41, 5.74) is 0.929. The zero-order valence-electron chi connectivity index (χ0n) is 13.2. The minimum Gasteiger partial charge on any atom is -0.298 e. The smallest absolute Gasteiger partial charge is 0.263 e. The third kappa shape index (κ3) is 2.74.